The molecule has 0 aromatic heterocycles. The number of benzene rings is 1. The van der Waals surface area contributed by atoms with Gasteiger partial charge in [-0.1, -0.05) is 18.2 Å². The van der Waals surface area contributed by atoms with Gasteiger partial charge in [0.15, 0.2) is 5.57 Å². The number of carbonyl (C=O) groups excluding carboxylic acids is 1. The molecule has 0 bridgehead atoms. The molecule has 0 amide bonds. The van der Waals surface area contributed by atoms with Crippen molar-refractivity contribution in [1.29, 1.82) is 5.26 Å². The van der Waals surface area contributed by atoms with Crippen LogP contribution >= 0.6 is 0 Å². The number of rotatable bonds is 3. The molecule has 1 N–H and O–H groups in total. The maximum absolute atomic E-state index is 11.0. The van der Waals surface area contributed by atoms with Crippen molar-refractivity contribution in [2.45, 2.75) is 0 Å². The number of anilines is 1. The number of carbonyl (C=O) groups is 1. The Bertz CT molecular complexity index is 404. The lowest BCUT2D eigenvalue weighted by Crippen LogP contribution is -2.04. The average molecular weight is 202 g/mol. The molecule has 0 fully saturated rings. The predicted octanol–water partition coefficient (Wildman–Crippen LogP) is 1.68. The number of para-hydroxylation sites is 1. The zero-order chi connectivity index (χ0) is 11.1. The Balaban J connectivity index is 2.72. The SMILES string of the molecule is COC(=O)/C(C#N)=C/Nc1ccccc1. The fourth-order valence-electron chi connectivity index (χ4n) is 0.937. The van der Waals surface area contributed by atoms with E-state index in [1.165, 1.54) is 13.3 Å². The minimum Gasteiger partial charge on any atom is -0.465 e. The molecule has 0 unspecified atom stereocenters. The Morgan fingerprint density at radius 2 is 2.13 bits per heavy atom. The van der Waals surface area contributed by atoms with Crippen LogP contribution in [-0.4, -0.2) is 13.1 Å². The van der Waals surface area contributed by atoms with Crippen molar-refractivity contribution in [3.8, 4) is 6.07 Å². The van der Waals surface area contributed by atoms with Crippen LogP contribution in [0.5, 0.6) is 0 Å². The van der Waals surface area contributed by atoms with Gasteiger partial charge in [0.1, 0.15) is 6.07 Å². The number of esters is 1. The maximum Gasteiger partial charge on any atom is 0.350 e. The molecule has 4 heteroatoms. The molecule has 0 radical (unpaired) electrons. The third-order valence-electron chi connectivity index (χ3n) is 1.68. The van der Waals surface area contributed by atoms with E-state index in [0.717, 1.165) is 5.69 Å². The molecular weight excluding hydrogens is 192 g/mol. The molecule has 76 valence electrons. The van der Waals surface area contributed by atoms with Crippen LogP contribution in [0.25, 0.3) is 0 Å². The molecule has 0 saturated heterocycles. The number of hydrogen-bond acceptors (Lipinski definition) is 4. The molecule has 1 rings (SSSR count). The standard InChI is InChI=1S/C11H10N2O2/c1-15-11(14)9(7-12)8-13-10-5-3-2-4-6-10/h2-6,8,13H,1H3/b9-8+. The van der Waals surface area contributed by atoms with Crippen molar-refractivity contribution < 1.29 is 9.53 Å². The van der Waals surface area contributed by atoms with Crippen molar-refractivity contribution in [2.24, 2.45) is 0 Å². The zero-order valence-electron chi connectivity index (χ0n) is 8.23. The second kappa shape index (κ2) is 5.45. The molecule has 1 aromatic carbocycles. The largest absolute Gasteiger partial charge is 0.465 e. The molecule has 4 nitrogen and oxygen atoms in total. The fourth-order valence-corrected chi connectivity index (χ4v) is 0.937. The van der Waals surface area contributed by atoms with E-state index in [1.54, 1.807) is 6.07 Å². The molecule has 1 aromatic rings. The number of nitrogens with zero attached hydrogens (tertiary/aromatic N) is 1. The van der Waals surface area contributed by atoms with Crippen LogP contribution in [0.4, 0.5) is 5.69 Å². The lowest BCUT2D eigenvalue weighted by atomic mass is 10.3. The van der Waals surface area contributed by atoms with E-state index < -0.39 is 5.97 Å². The molecule has 15 heavy (non-hydrogen) atoms. The van der Waals surface area contributed by atoms with Crippen molar-refractivity contribution in [3.05, 3.63) is 42.1 Å². The van der Waals surface area contributed by atoms with E-state index in [-0.39, 0.29) is 5.57 Å². The number of nitriles is 1. The Morgan fingerprint density at radius 3 is 2.67 bits per heavy atom. The Kier molecular flexibility index (Phi) is 3.92. The van der Waals surface area contributed by atoms with Gasteiger partial charge in [-0.2, -0.15) is 5.26 Å². The smallest absolute Gasteiger partial charge is 0.350 e. The van der Waals surface area contributed by atoms with Crippen LogP contribution in [0.15, 0.2) is 42.1 Å². The summed E-state index contributed by atoms with van der Waals surface area (Å²) < 4.78 is 4.42. The van der Waals surface area contributed by atoms with Crippen LogP contribution in [0.3, 0.4) is 0 Å². The number of hydrogen-bond donors (Lipinski definition) is 1. The van der Waals surface area contributed by atoms with E-state index >= 15 is 0 Å². The first-order valence-electron chi connectivity index (χ1n) is 4.28. The summed E-state index contributed by atoms with van der Waals surface area (Å²) in [7, 11) is 1.23. The molecule has 0 spiro atoms. The minimum atomic E-state index is -0.652. The first kappa shape index (κ1) is 10.8. The van der Waals surface area contributed by atoms with Crippen molar-refractivity contribution in [1.82, 2.24) is 0 Å². The lowest BCUT2D eigenvalue weighted by molar-refractivity contribution is -0.135. The highest BCUT2D eigenvalue weighted by atomic mass is 16.5. The quantitative estimate of drug-likeness (QED) is 0.460. The van der Waals surface area contributed by atoms with Gasteiger partial charge >= 0.3 is 5.97 Å². The van der Waals surface area contributed by atoms with Gasteiger partial charge in [0.2, 0.25) is 0 Å². The van der Waals surface area contributed by atoms with E-state index in [0.29, 0.717) is 0 Å². The van der Waals surface area contributed by atoms with E-state index in [9.17, 15) is 4.79 Å². The zero-order valence-corrected chi connectivity index (χ0v) is 8.23. The number of methoxy groups -OCH3 is 1. The van der Waals surface area contributed by atoms with Crippen molar-refractivity contribution in [2.75, 3.05) is 12.4 Å². The third kappa shape index (κ3) is 3.16. The van der Waals surface area contributed by atoms with Crippen LogP contribution in [0.2, 0.25) is 0 Å². The van der Waals surface area contributed by atoms with Crippen LogP contribution in [-0.2, 0) is 9.53 Å². The van der Waals surface area contributed by atoms with Gasteiger partial charge in [-0.05, 0) is 12.1 Å². The highest BCUT2D eigenvalue weighted by Gasteiger charge is 2.07. The van der Waals surface area contributed by atoms with Crippen LogP contribution in [0.1, 0.15) is 0 Å². The molecule has 0 aliphatic rings. The molecule has 0 saturated carbocycles. The van der Waals surface area contributed by atoms with Crippen LogP contribution in [0, 0.1) is 11.3 Å². The number of nitrogens with one attached hydrogen (secondary N) is 1. The lowest BCUT2D eigenvalue weighted by Gasteiger charge is -2.00. The van der Waals surface area contributed by atoms with E-state index in [2.05, 4.69) is 10.1 Å². The third-order valence-corrected chi connectivity index (χ3v) is 1.68. The summed E-state index contributed by atoms with van der Waals surface area (Å²) in [6.07, 6.45) is 1.32. The summed E-state index contributed by atoms with van der Waals surface area (Å²) in [5, 5.41) is 11.5. The average Bonchev–Trinajstić information content (AvgIpc) is 2.31. The first-order chi connectivity index (χ1) is 7.27. The van der Waals surface area contributed by atoms with Gasteiger partial charge in [-0.3, -0.25) is 0 Å². The molecule has 0 heterocycles. The summed E-state index contributed by atoms with van der Waals surface area (Å²) in [5.41, 5.74) is 0.732. The summed E-state index contributed by atoms with van der Waals surface area (Å²) in [6.45, 7) is 0. The highest BCUT2D eigenvalue weighted by Crippen LogP contribution is 2.06. The monoisotopic (exact) mass is 202 g/mol. The van der Waals surface area contributed by atoms with Gasteiger partial charge in [-0.25, -0.2) is 4.79 Å². The maximum atomic E-state index is 11.0. The number of ether oxygens (including phenoxy) is 1. The molecule has 0 atom stereocenters. The van der Waals surface area contributed by atoms with Crippen molar-refractivity contribution >= 4 is 11.7 Å². The summed E-state index contributed by atoms with van der Waals surface area (Å²) in [5.74, 6) is -0.652. The first-order valence-corrected chi connectivity index (χ1v) is 4.28. The summed E-state index contributed by atoms with van der Waals surface area (Å²) in [4.78, 5) is 11.0. The van der Waals surface area contributed by atoms with Gasteiger partial charge in [0.25, 0.3) is 0 Å². The molecular formula is C11H10N2O2. The highest BCUT2D eigenvalue weighted by molar-refractivity contribution is 5.92. The Hall–Kier alpha value is -2.28. The van der Waals surface area contributed by atoms with Gasteiger partial charge < -0.3 is 10.1 Å². The topological polar surface area (TPSA) is 62.1 Å². The van der Waals surface area contributed by atoms with E-state index in [4.69, 9.17) is 5.26 Å². The summed E-state index contributed by atoms with van der Waals surface area (Å²) in [6, 6.07) is 11.0. The second-order valence-electron chi connectivity index (χ2n) is 2.67. The van der Waals surface area contributed by atoms with Gasteiger partial charge in [0, 0.05) is 11.9 Å². The van der Waals surface area contributed by atoms with Crippen molar-refractivity contribution in [3.63, 3.8) is 0 Å². The Morgan fingerprint density at radius 1 is 1.47 bits per heavy atom. The van der Waals surface area contributed by atoms with Gasteiger partial charge in [0.05, 0.1) is 7.11 Å². The predicted molar refractivity (Wildman–Crippen MR) is 55.8 cm³/mol. The van der Waals surface area contributed by atoms with E-state index in [1.807, 2.05) is 30.3 Å². The molecule has 0 aliphatic heterocycles. The van der Waals surface area contributed by atoms with Crippen LogP contribution < -0.4 is 5.32 Å². The van der Waals surface area contributed by atoms with Gasteiger partial charge in [-0.15, -0.1) is 0 Å². The summed E-state index contributed by atoms with van der Waals surface area (Å²) >= 11 is 0. The fraction of sp³-hybridized carbons (Fsp3) is 0.0909. The second-order valence-corrected chi connectivity index (χ2v) is 2.67. The normalized spacial score (nSPS) is 10.3. The minimum absolute atomic E-state index is 0.0682. The Labute approximate surface area is 87.8 Å². The molecule has 0 aliphatic carbocycles.